The summed E-state index contributed by atoms with van der Waals surface area (Å²) in [6, 6.07) is -0.364. The normalized spacial score (nSPS) is 41.1. The topological polar surface area (TPSA) is 60.2 Å². The lowest BCUT2D eigenvalue weighted by molar-refractivity contribution is 0.601. The number of hydrogen-bond donors (Lipinski definition) is 1. The van der Waals surface area contributed by atoms with Gasteiger partial charge < -0.3 is 5.73 Å². The fourth-order valence-corrected chi connectivity index (χ4v) is 3.29. The Bertz CT molecular complexity index is 185. The quantitative estimate of drug-likeness (QED) is 0.491. The van der Waals surface area contributed by atoms with Gasteiger partial charge in [-0.1, -0.05) is 0 Å². The van der Waals surface area contributed by atoms with Crippen LogP contribution in [0.4, 0.5) is 0 Å². The summed E-state index contributed by atoms with van der Waals surface area (Å²) in [6.45, 7) is 0. The van der Waals surface area contributed by atoms with Crippen LogP contribution < -0.4 is 5.73 Å². The predicted octanol–water partition coefficient (Wildman–Crippen LogP) is -0.650. The Labute approximate surface area is 59.1 Å². The molecule has 54 valence electrons. The van der Waals surface area contributed by atoms with Crippen LogP contribution in [0.25, 0.3) is 0 Å². The van der Waals surface area contributed by atoms with Gasteiger partial charge in [-0.2, -0.15) is 0 Å². The van der Waals surface area contributed by atoms with E-state index in [9.17, 15) is 8.42 Å². The summed E-state index contributed by atoms with van der Waals surface area (Å²) in [6.07, 6.45) is 0. The van der Waals surface area contributed by atoms with Crippen LogP contribution in [0.2, 0.25) is 0 Å². The first kappa shape index (κ1) is 7.31. The smallest absolute Gasteiger partial charge is 0.153 e. The predicted molar refractivity (Wildman–Crippen MR) is 36.3 cm³/mol. The van der Waals surface area contributed by atoms with Crippen LogP contribution in [-0.4, -0.2) is 31.3 Å². The van der Waals surface area contributed by atoms with E-state index in [1.807, 2.05) is 0 Å². The van der Waals surface area contributed by atoms with Crippen molar-refractivity contribution in [1.29, 1.82) is 0 Å². The molecule has 1 rings (SSSR count). The van der Waals surface area contributed by atoms with Gasteiger partial charge in [0, 0.05) is 6.04 Å². The maximum absolute atomic E-state index is 10.7. The SMILES string of the molecule is N[C@H]1CS(=O)(=O)C[C@@H]1Cl. The summed E-state index contributed by atoms with van der Waals surface area (Å²) in [7, 11) is -2.90. The highest BCUT2D eigenvalue weighted by molar-refractivity contribution is 7.91. The molecule has 1 aliphatic rings. The second-order valence-electron chi connectivity index (χ2n) is 2.26. The summed E-state index contributed by atoms with van der Waals surface area (Å²) < 4.78 is 21.4. The van der Waals surface area contributed by atoms with Crippen molar-refractivity contribution < 1.29 is 8.42 Å². The van der Waals surface area contributed by atoms with Crippen LogP contribution in [0.15, 0.2) is 0 Å². The maximum atomic E-state index is 10.7. The average molecular weight is 170 g/mol. The van der Waals surface area contributed by atoms with Crippen LogP contribution in [0.1, 0.15) is 0 Å². The van der Waals surface area contributed by atoms with E-state index in [2.05, 4.69) is 0 Å². The van der Waals surface area contributed by atoms with Crippen molar-refractivity contribution in [1.82, 2.24) is 0 Å². The van der Waals surface area contributed by atoms with Crippen LogP contribution in [0.5, 0.6) is 0 Å². The second-order valence-corrected chi connectivity index (χ2v) is 4.97. The van der Waals surface area contributed by atoms with Crippen molar-refractivity contribution in [3.63, 3.8) is 0 Å². The van der Waals surface area contributed by atoms with Gasteiger partial charge in [-0.25, -0.2) is 8.42 Å². The van der Waals surface area contributed by atoms with E-state index < -0.39 is 9.84 Å². The largest absolute Gasteiger partial charge is 0.326 e. The Kier molecular flexibility index (Phi) is 1.71. The molecule has 1 heterocycles. The second kappa shape index (κ2) is 2.11. The summed E-state index contributed by atoms with van der Waals surface area (Å²) in [5.41, 5.74) is 5.34. The lowest BCUT2D eigenvalue weighted by atomic mass is 10.3. The summed E-state index contributed by atoms with van der Waals surface area (Å²) >= 11 is 5.54. The molecule has 0 aromatic rings. The Balaban J connectivity index is 2.77. The lowest BCUT2D eigenvalue weighted by Gasteiger charge is -2.00. The highest BCUT2D eigenvalue weighted by Crippen LogP contribution is 2.15. The standard InChI is InChI=1S/C4H8ClNO2S/c5-3-1-9(7,8)2-4(3)6/h3-4H,1-2,6H2/t3-,4-/m0/s1. The first-order valence-corrected chi connectivity index (χ1v) is 4.87. The first-order chi connectivity index (χ1) is 4.01. The van der Waals surface area contributed by atoms with Crippen molar-refractivity contribution in [2.45, 2.75) is 11.4 Å². The zero-order chi connectivity index (χ0) is 7.07. The molecule has 0 amide bonds. The average Bonchev–Trinajstić information content (AvgIpc) is 1.79. The molecule has 1 aliphatic heterocycles. The van der Waals surface area contributed by atoms with Crippen LogP contribution >= 0.6 is 11.6 Å². The van der Waals surface area contributed by atoms with E-state index in [1.165, 1.54) is 0 Å². The van der Waals surface area contributed by atoms with Gasteiger partial charge in [0.1, 0.15) is 0 Å². The van der Waals surface area contributed by atoms with Crippen molar-refractivity contribution >= 4 is 21.4 Å². The van der Waals surface area contributed by atoms with E-state index in [1.54, 1.807) is 0 Å². The lowest BCUT2D eigenvalue weighted by Crippen LogP contribution is -2.28. The van der Waals surface area contributed by atoms with Gasteiger partial charge in [0.15, 0.2) is 9.84 Å². The Hall–Kier alpha value is 0.200. The highest BCUT2D eigenvalue weighted by Gasteiger charge is 2.33. The fraction of sp³-hybridized carbons (Fsp3) is 1.00. The molecule has 0 aliphatic carbocycles. The molecule has 2 atom stereocenters. The number of alkyl halides is 1. The molecular formula is C4H8ClNO2S. The van der Waals surface area contributed by atoms with E-state index >= 15 is 0 Å². The molecule has 2 N–H and O–H groups in total. The summed E-state index contributed by atoms with van der Waals surface area (Å²) in [5.74, 6) is 0.0802. The minimum absolute atomic E-state index is 0.0374. The molecule has 9 heavy (non-hydrogen) atoms. The van der Waals surface area contributed by atoms with Crippen molar-refractivity contribution in [3.05, 3.63) is 0 Å². The van der Waals surface area contributed by atoms with Gasteiger partial charge in [-0.3, -0.25) is 0 Å². The monoisotopic (exact) mass is 169 g/mol. The Morgan fingerprint density at radius 2 is 2.00 bits per heavy atom. The molecule has 0 radical (unpaired) electrons. The number of nitrogens with two attached hydrogens (primary N) is 1. The third kappa shape index (κ3) is 1.56. The number of hydrogen-bond acceptors (Lipinski definition) is 3. The number of sulfone groups is 1. The fourth-order valence-electron chi connectivity index (χ4n) is 0.832. The molecular weight excluding hydrogens is 162 g/mol. The molecule has 3 nitrogen and oxygen atoms in total. The molecule has 0 aromatic carbocycles. The van der Waals surface area contributed by atoms with Gasteiger partial charge in [-0.05, 0) is 0 Å². The molecule has 0 unspecified atom stereocenters. The van der Waals surface area contributed by atoms with Gasteiger partial charge in [-0.15, -0.1) is 11.6 Å². The van der Waals surface area contributed by atoms with Crippen molar-refractivity contribution in [2.75, 3.05) is 11.5 Å². The van der Waals surface area contributed by atoms with Crippen LogP contribution in [0.3, 0.4) is 0 Å². The molecule has 0 aromatic heterocycles. The van der Waals surface area contributed by atoms with Gasteiger partial charge in [0.05, 0.1) is 16.9 Å². The highest BCUT2D eigenvalue weighted by atomic mass is 35.5. The van der Waals surface area contributed by atoms with E-state index in [0.717, 1.165) is 0 Å². The van der Waals surface area contributed by atoms with Crippen LogP contribution in [-0.2, 0) is 9.84 Å². The van der Waals surface area contributed by atoms with Gasteiger partial charge in [0.25, 0.3) is 0 Å². The maximum Gasteiger partial charge on any atom is 0.153 e. The molecule has 5 heteroatoms. The zero-order valence-electron chi connectivity index (χ0n) is 4.75. The Morgan fingerprint density at radius 3 is 2.11 bits per heavy atom. The van der Waals surface area contributed by atoms with E-state index in [4.69, 9.17) is 17.3 Å². The summed E-state index contributed by atoms with van der Waals surface area (Å²) in [4.78, 5) is 0. The third-order valence-corrected chi connectivity index (χ3v) is 3.74. The summed E-state index contributed by atoms with van der Waals surface area (Å²) in [5, 5.41) is -0.380. The minimum atomic E-state index is -2.90. The molecule has 0 spiro atoms. The molecule has 1 saturated heterocycles. The van der Waals surface area contributed by atoms with Crippen LogP contribution in [0, 0.1) is 0 Å². The third-order valence-electron chi connectivity index (χ3n) is 1.32. The van der Waals surface area contributed by atoms with Gasteiger partial charge >= 0.3 is 0 Å². The Morgan fingerprint density at radius 1 is 1.44 bits per heavy atom. The number of halogens is 1. The molecule has 1 fully saturated rings. The van der Waals surface area contributed by atoms with Crippen molar-refractivity contribution in [2.24, 2.45) is 5.73 Å². The molecule has 0 saturated carbocycles. The molecule has 0 bridgehead atoms. The van der Waals surface area contributed by atoms with E-state index in [0.29, 0.717) is 0 Å². The minimum Gasteiger partial charge on any atom is -0.326 e. The van der Waals surface area contributed by atoms with E-state index in [-0.39, 0.29) is 22.9 Å². The zero-order valence-corrected chi connectivity index (χ0v) is 6.32. The van der Waals surface area contributed by atoms with Gasteiger partial charge in [0.2, 0.25) is 0 Å². The number of rotatable bonds is 0. The first-order valence-electron chi connectivity index (χ1n) is 2.61. The van der Waals surface area contributed by atoms with Crippen molar-refractivity contribution in [3.8, 4) is 0 Å².